The number of hydrogen-bond donors (Lipinski definition) is 2. The predicted molar refractivity (Wildman–Crippen MR) is 102 cm³/mol. The van der Waals surface area contributed by atoms with Crippen molar-refractivity contribution >= 4 is 18.3 Å². The molecule has 0 bridgehead atoms. The summed E-state index contributed by atoms with van der Waals surface area (Å²) in [7, 11) is 2.15. The average Bonchev–Trinajstić information content (AvgIpc) is 2.58. The molecule has 3 N–H and O–H groups in total. The number of rotatable bonds is 4. The molecule has 5 nitrogen and oxygen atoms in total. The number of amides is 1. The van der Waals surface area contributed by atoms with Crippen LogP contribution in [0.15, 0.2) is 24.3 Å². The molecule has 1 fully saturated rings. The van der Waals surface area contributed by atoms with Crippen molar-refractivity contribution in [1.82, 2.24) is 10.2 Å². The van der Waals surface area contributed by atoms with E-state index in [4.69, 9.17) is 10.5 Å². The first-order valence-electron chi connectivity index (χ1n) is 9.05. The van der Waals surface area contributed by atoms with Crippen molar-refractivity contribution in [3.05, 3.63) is 29.8 Å². The van der Waals surface area contributed by atoms with Crippen LogP contribution >= 0.6 is 12.4 Å². The highest BCUT2D eigenvalue weighted by Gasteiger charge is 2.43. The van der Waals surface area contributed by atoms with Crippen LogP contribution in [0.5, 0.6) is 5.75 Å². The molecule has 1 aromatic carbocycles. The third-order valence-corrected chi connectivity index (χ3v) is 5.35. The van der Waals surface area contributed by atoms with Gasteiger partial charge in [-0.05, 0) is 32.4 Å². The van der Waals surface area contributed by atoms with Crippen molar-refractivity contribution in [3.63, 3.8) is 0 Å². The van der Waals surface area contributed by atoms with E-state index in [1.807, 2.05) is 31.2 Å². The molecule has 1 amide bonds. The van der Waals surface area contributed by atoms with Crippen LogP contribution in [-0.4, -0.2) is 42.6 Å². The summed E-state index contributed by atoms with van der Waals surface area (Å²) in [5, 5.41) is 3.18. The molecule has 2 aliphatic rings. The molecular weight excluding hydrogens is 338 g/mol. The highest BCUT2D eigenvalue weighted by Crippen LogP contribution is 2.44. The number of benzene rings is 1. The Labute approximate surface area is 156 Å². The quantitative estimate of drug-likeness (QED) is 0.858. The summed E-state index contributed by atoms with van der Waals surface area (Å²) in [6.07, 6.45) is 4.43. The van der Waals surface area contributed by atoms with Crippen LogP contribution < -0.4 is 15.8 Å². The number of para-hydroxylation sites is 1. The smallest absolute Gasteiger partial charge is 0.237 e. The lowest BCUT2D eigenvalue weighted by atomic mass is 9.80. The molecule has 2 unspecified atom stereocenters. The molecule has 1 saturated heterocycles. The maximum atomic E-state index is 12.4. The van der Waals surface area contributed by atoms with E-state index in [1.165, 1.54) is 0 Å². The maximum absolute atomic E-state index is 12.4. The molecular formula is C19H30ClN3O2. The second-order valence-electron chi connectivity index (χ2n) is 7.29. The van der Waals surface area contributed by atoms with E-state index in [2.05, 4.69) is 17.3 Å². The molecule has 1 aromatic rings. The van der Waals surface area contributed by atoms with Crippen LogP contribution in [0, 0.1) is 0 Å². The normalized spacial score (nSPS) is 23.1. The van der Waals surface area contributed by atoms with Gasteiger partial charge < -0.3 is 20.7 Å². The largest absolute Gasteiger partial charge is 0.487 e. The highest BCUT2D eigenvalue weighted by atomic mass is 35.5. The van der Waals surface area contributed by atoms with E-state index in [0.29, 0.717) is 6.42 Å². The number of carbonyl (C=O) groups is 1. The van der Waals surface area contributed by atoms with Gasteiger partial charge in [0.05, 0.1) is 12.1 Å². The lowest BCUT2D eigenvalue weighted by Gasteiger charge is -2.46. The first-order valence-corrected chi connectivity index (χ1v) is 9.05. The molecule has 2 heterocycles. The minimum Gasteiger partial charge on any atom is -0.487 e. The summed E-state index contributed by atoms with van der Waals surface area (Å²) >= 11 is 0. The summed E-state index contributed by atoms with van der Waals surface area (Å²) in [6.45, 7) is 4.10. The van der Waals surface area contributed by atoms with Crippen LogP contribution in [0.3, 0.4) is 0 Å². The van der Waals surface area contributed by atoms with Gasteiger partial charge >= 0.3 is 0 Å². The van der Waals surface area contributed by atoms with Gasteiger partial charge in [0.15, 0.2) is 0 Å². The Morgan fingerprint density at radius 3 is 2.76 bits per heavy atom. The summed E-state index contributed by atoms with van der Waals surface area (Å²) in [6, 6.07) is 7.61. The van der Waals surface area contributed by atoms with E-state index < -0.39 is 6.04 Å². The van der Waals surface area contributed by atoms with Crippen LogP contribution in [0.1, 0.15) is 50.6 Å². The predicted octanol–water partition coefficient (Wildman–Crippen LogP) is 2.64. The van der Waals surface area contributed by atoms with Gasteiger partial charge in [-0.15, -0.1) is 12.4 Å². The Balaban J connectivity index is 0.00000225. The number of likely N-dealkylation sites (tertiary alicyclic amines) is 1. The number of fused-ring (bicyclic) bond motifs is 1. The van der Waals surface area contributed by atoms with Crippen LogP contribution in [-0.2, 0) is 4.79 Å². The minimum absolute atomic E-state index is 0. The minimum atomic E-state index is -0.432. The zero-order valence-corrected chi connectivity index (χ0v) is 16.0. The third-order valence-electron chi connectivity index (χ3n) is 5.35. The van der Waals surface area contributed by atoms with E-state index >= 15 is 0 Å². The number of hydrogen-bond acceptors (Lipinski definition) is 4. The van der Waals surface area contributed by atoms with Crippen LogP contribution in [0.25, 0.3) is 0 Å². The van der Waals surface area contributed by atoms with Crippen molar-refractivity contribution in [2.75, 3.05) is 20.1 Å². The van der Waals surface area contributed by atoms with Gasteiger partial charge in [0.25, 0.3) is 0 Å². The second-order valence-corrected chi connectivity index (χ2v) is 7.29. The van der Waals surface area contributed by atoms with Crippen molar-refractivity contribution in [1.29, 1.82) is 0 Å². The number of nitrogens with two attached hydrogens (primary N) is 1. The monoisotopic (exact) mass is 367 g/mol. The van der Waals surface area contributed by atoms with Crippen molar-refractivity contribution in [2.45, 2.75) is 56.7 Å². The number of piperidine rings is 1. The molecule has 0 radical (unpaired) electrons. The molecule has 0 saturated carbocycles. The molecule has 2 aliphatic heterocycles. The molecule has 3 rings (SSSR count). The Bertz CT molecular complexity index is 588. The van der Waals surface area contributed by atoms with Crippen molar-refractivity contribution < 1.29 is 9.53 Å². The SMILES string of the molecule is CCCC(N)C(=O)NC1CC2(CCN(C)CC2)Oc2ccccc21.Cl. The average molecular weight is 368 g/mol. The van der Waals surface area contributed by atoms with Crippen LogP contribution in [0.2, 0.25) is 0 Å². The van der Waals surface area contributed by atoms with Gasteiger partial charge in [0, 0.05) is 25.1 Å². The van der Waals surface area contributed by atoms with E-state index in [9.17, 15) is 4.79 Å². The Morgan fingerprint density at radius 1 is 1.40 bits per heavy atom. The zero-order chi connectivity index (χ0) is 17.2. The van der Waals surface area contributed by atoms with Gasteiger partial charge in [0.2, 0.25) is 5.91 Å². The van der Waals surface area contributed by atoms with Crippen molar-refractivity contribution in [3.8, 4) is 5.75 Å². The summed E-state index contributed by atoms with van der Waals surface area (Å²) in [5.74, 6) is 0.851. The third kappa shape index (κ3) is 4.46. The molecule has 2 atom stereocenters. The fourth-order valence-corrected chi connectivity index (χ4v) is 3.80. The first kappa shape index (κ1) is 20.0. The lowest BCUT2D eigenvalue weighted by molar-refractivity contribution is -0.124. The first-order chi connectivity index (χ1) is 11.5. The van der Waals surface area contributed by atoms with Gasteiger partial charge in [-0.2, -0.15) is 0 Å². The van der Waals surface area contributed by atoms with E-state index in [0.717, 1.165) is 50.1 Å². The molecule has 25 heavy (non-hydrogen) atoms. The lowest BCUT2D eigenvalue weighted by Crippen LogP contribution is -2.52. The molecule has 140 valence electrons. The van der Waals surface area contributed by atoms with Gasteiger partial charge in [-0.3, -0.25) is 4.79 Å². The molecule has 6 heteroatoms. The maximum Gasteiger partial charge on any atom is 0.237 e. The number of nitrogens with one attached hydrogen (secondary N) is 1. The highest BCUT2D eigenvalue weighted by molar-refractivity contribution is 5.85. The topological polar surface area (TPSA) is 67.6 Å². The van der Waals surface area contributed by atoms with Gasteiger partial charge in [0.1, 0.15) is 11.4 Å². The summed E-state index contributed by atoms with van der Waals surface area (Å²) in [5.41, 5.74) is 6.90. The molecule has 0 aromatic heterocycles. The number of nitrogens with zero attached hydrogens (tertiary/aromatic N) is 1. The van der Waals surface area contributed by atoms with Crippen molar-refractivity contribution in [2.24, 2.45) is 5.73 Å². The second kappa shape index (κ2) is 8.39. The zero-order valence-electron chi connectivity index (χ0n) is 15.2. The summed E-state index contributed by atoms with van der Waals surface area (Å²) in [4.78, 5) is 14.8. The van der Waals surface area contributed by atoms with E-state index in [-0.39, 0.29) is 30.0 Å². The Morgan fingerprint density at radius 2 is 2.08 bits per heavy atom. The summed E-state index contributed by atoms with van der Waals surface area (Å²) < 4.78 is 6.42. The standard InChI is InChI=1S/C19H29N3O2.ClH/c1-3-6-15(20)18(23)21-16-13-19(9-11-22(2)12-10-19)24-17-8-5-4-7-14(16)17;/h4-5,7-8,15-16H,3,6,9-13,20H2,1-2H3,(H,21,23);1H. The Hall–Kier alpha value is -1.30. The molecule has 1 spiro atoms. The number of ether oxygens (including phenoxy) is 1. The number of halogens is 1. The van der Waals surface area contributed by atoms with E-state index in [1.54, 1.807) is 0 Å². The molecule has 0 aliphatic carbocycles. The Kier molecular flexibility index (Phi) is 6.72. The van der Waals surface area contributed by atoms with Crippen LogP contribution in [0.4, 0.5) is 0 Å². The fourth-order valence-electron chi connectivity index (χ4n) is 3.80. The van der Waals surface area contributed by atoms with Gasteiger partial charge in [-0.1, -0.05) is 31.5 Å². The fraction of sp³-hybridized carbons (Fsp3) is 0.632. The van der Waals surface area contributed by atoms with Gasteiger partial charge in [-0.25, -0.2) is 0 Å². The number of carbonyl (C=O) groups excluding carboxylic acids is 1.